The maximum Gasteiger partial charge on any atom is 0.308 e. The average molecular weight is 212 g/mol. The summed E-state index contributed by atoms with van der Waals surface area (Å²) in [5.41, 5.74) is 0. The summed E-state index contributed by atoms with van der Waals surface area (Å²) in [7, 11) is 0. The summed E-state index contributed by atoms with van der Waals surface area (Å²) in [6.45, 7) is 10.6. The molecule has 0 rings (SSSR count). The Morgan fingerprint density at radius 2 is 1.93 bits per heavy atom. The van der Waals surface area contributed by atoms with Gasteiger partial charge in [0.25, 0.3) is 0 Å². The first-order valence-corrected chi connectivity index (χ1v) is 5.82. The number of esters is 1. The van der Waals surface area contributed by atoms with Crippen LogP contribution in [0.4, 0.5) is 0 Å². The van der Waals surface area contributed by atoms with E-state index >= 15 is 0 Å². The quantitative estimate of drug-likeness (QED) is 0.498. The van der Waals surface area contributed by atoms with Gasteiger partial charge in [-0.05, 0) is 32.1 Å². The normalized spacial score (nSPS) is 15.6. The number of carbonyl (C=O) groups is 1. The molecule has 0 aromatic heterocycles. The molecule has 0 aliphatic rings. The van der Waals surface area contributed by atoms with Gasteiger partial charge in [0.1, 0.15) is 0 Å². The molecule has 0 aromatic rings. The van der Waals surface area contributed by atoms with Crippen molar-refractivity contribution in [3.8, 4) is 0 Å². The van der Waals surface area contributed by atoms with Crippen molar-refractivity contribution in [2.45, 2.75) is 41.0 Å². The van der Waals surface area contributed by atoms with E-state index in [2.05, 4.69) is 19.9 Å². The predicted octanol–water partition coefficient (Wildman–Crippen LogP) is 3.42. The Morgan fingerprint density at radius 1 is 1.33 bits per heavy atom. The number of ether oxygens (including phenoxy) is 1. The average Bonchev–Trinajstić information content (AvgIpc) is 2.18. The molecule has 0 bridgehead atoms. The molecule has 2 unspecified atom stereocenters. The number of hydrogen-bond acceptors (Lipinski definition) is 2. The summed E-state index contributed by atoms with van der Waals surface area (Å²) in [4.78, 5) is 11.6. The fraction of sp³-hybridized carbons (Fsp3) is 0.769. The molecule has 0 spiro atoms. The van der Waals surface area contributed by atoms with Crippen molar-refractivity contribution in [3.05, 3.63) is 12.2 Å². The molecular weight excluding hydrogens is 188 g/mol. The molecule has 2 heteroatoms. The monoisotopic (exact) mass is 212 g/mol. The van der Waals surface area contributed by atoms with E-state index in [4.69, 9.17) is 4.74 Å². The van der Waals surface area contributed by atoms with Crippen LogP contribution in [0.2, 0.25) is 0 Å². The highest BCUT2D eigenvalue weighted by atomic mass is 16.5. The van der Waals surface area contributed by atoms with Crippen molar-refractivity contribution >= 4 is 5.97 Å². The molecule has 0 N–H and O–H groups in total. The van der Waals surface area contributed by atoms with Crippen LogP contribution in [-0.2, 0) is 9.53 Å². The lowest BCUT2D eigenvalue weighted by Gasteiger charge is -2.24. The topological polar surface area (TPSA) is 26.3 Å². The Morgan fingerprint density at radius 3 is 2.33 bits per heavy atom. The second-order valence-corrected chi connectivity index (χ2v) is 4.25. The minimum Gasteiger partial charge on any atom is -0.466 e. The van der Waals surface area contributed by atoms with Crippen molar-refractivity contribution in [2.75, 3.05) is 6.61 Å². The molecule has 0 aliphatic carbocycles. The summed E-state index contributed by atoms with van der Waals surface area (Å²) >= 11 is 0. The van der Waals surface area contributed by atoms with E-state index in [1.165, 1.54) is 0 Å². The number of hydrogen-bond donors (Lipinski definition) is 0. The lowest BCUT2D eigenvalue weighted by atomic mass is 9.82. The summed E-state index contributed by atoms with van der Waals surface area (Å²) in [5, 5.41) is 0. The smallest absolute Gasteiger partial charge is 0.308 e. The maximum atomic E-state index is 11.6. The minimum atomic E-state index is -0.0688. The highest BCUT2D eigenvalue weighted by Crippen LogP contribution is 2.25. The molecule has 88 valence electrons. The molecule has 0 heterocycles. The van der Waals surface area contributed by atoms with Crippen LogP contribution in [0.15, 0.2) is 12.2 Å². The van der Waals surface area contributed by atoms with Gasteiger partial charge in [0.05, 0.1) is 12.5 Å². The Hall–Kier alpha value is -0.790. The fourth-order valence-corrected chi connectivity index (χ4v) is 1.80. The van der Waals surface area contributed by atoms with Gasteiger partial charge >= 0.3 is 5.97 Å². The fourth-order valence-electron chi connectivity index (χ4n) is 1.80. The zero-order chi connectivity index (χ0) is 11.8. The third-order valence-electron chi connectivity index (χ3n) is 2.80. The van der Waals surface area contributed by atoms with Crippen LogP contribution >= 0.6 is 0 Å². The van der Waals surface area contributed by atoms with Gasteiger partial charge in [-0.3, -0.25) is 4.79 Å². The van der Waals surface area contributed by atoms with Crippen LogP contribution in [0.5, 0.6) is 0 Å². The molecule has 0 saturated heterocycles. The first kappa shape index (κ1) is 14.2. The van der Waals surface area contributed by atoms with Gasteiger partial charge in [0, 0.05) is 0 Å². The highest BCUT2D eigenvalue weighted by Gasteiger charge is 2.26. The van der Waals surface area contributed by atoms with Gasteiger partial charge in [-0.2, -0.15) is 0 Å². The van der Waals surface area contributed by atoms with Crippen molar-refractivity contribution in [1.29, 1.82) is 0 Å². The Bertz CT molecular complexity index is 207. The lowest BCUT2D eigenvalue weighted by Crippen LogP contribution is -2.26. The van der Waals surface area contributed by atoms with Gasteiger partial charge in [-0.1, -0.05) is 32.9 Å². The number of carbonyl (C=O) groups excluding carboxylic acids is 1. The van der Waals surface area contributed by atoms with E-state index in [1.54, 1.807) is 0 Å². The molecule has 0 fully saturated rings. The summed E-state index contributed by atoms with van der Waals surface area (Å²) in [6.07, 6.45) is 5.11. The van der Waals surface area contributed by atoms with Crippen molar-refractivity contribution < 1.29 is 9.53 Å². The van der Waals surface area contributed by atoms with Crippen LogP contribution in [0.25, 0.3) is 0 Å². The van der Waals surface area contributed by atoms with E-state index < -0.39 is 0 Å². The van der Waals surface area contributed by atoms with Crippen LogP contribution in [-0.4, -0.2) is 12.6 Å². The summed E-state index contributed by atoms with van der Waals surface area (Å²) in [6, 6.07) is 0. The second-order valence-electron chi connectivity index (χ2n) is 4.25. The number of allylic oxidation sites excluding steroid dienone is 2. The van der Waals surface area contributed by atoms with Gasteiger partial charge in [0.15, 0.2) is 0 Å². The third-order valence-corrected chi connectivity index (χ3v) is 2.80. The first-order valence-electron chi connectivity index (χ1n) is 5.82. The van der Waals surface area contributed by atoms with Gasteiger partial charge in [-0.25, -0.2) is 0 Å². The van der Waals surface area contributed by atoms with E-state index in [-0.39, 0.29) is 11.9 Å². The van der Waals surface area contributed by atoms with Gasteiger partial charge < -0.3 is 4.74 Å². The maximum absolute atomic E-state index is 11.6. The van der Waals surface area contributed by atoms with E-state index in [0.717, 1.165) is 6.42 Å². The Kier molecular flexibility index (Phi) is 7.10. The molecule has 0 radical (unpaired) electrons. The van der Waals surface area contributed by atoms with Crippen LogP contribution < -0.4 is 0 Å². The van der Waals surface area contributed by atoms with Crippen LogP contribution in [0.1, 0.15) is 41.0 Å². The van der Waals surface area contributed by atoms with Gasteiger partial charge in [-0.15, -0.1) is 0 Å². The summed E-state index contributed by atoms with van der Waals surface area (Å²) < 4.78 is 5.05. The molecule has 15 heavy (non-hydrogen) atoms. The standard InChI is InChI=1S/C13H24O2/c1-6-8-9-12(10(3)4)11(5)13(14)15-7-2/h6,8,10-12H,7,9H2,1-5H3. The van der Waals surface area contributed by atoms with Crippen molar-refractivity contribution in [1.82, 2.24) is 0 Å². The summed E-state index contributed by atoms with van der Waals surface area (Å²) in [5.74, 6) is 0.794. The van der Waals surface area contributed by atoms with E-state index in [9.17, 15) is 4.79 Å². The molecular formula is C13H24O2. The molecule has 0 aliphatic heterocycles. The van der Waals surface area contributed by atoms with Crippen molar-refractivity contribution in [2.24, 2.45) is 17.8 Å². The predicted molar refractivity (Wildman–Crippen MR) is 63.6 cm³/mol. The SMILES string of the molecule is CC=CCC(C(C)C)C(C)C(=O)OCC. The Labute approximate surface area is 93.7 Å². The zero-order valence-electron chi connectivity index (χ0n) is 10.6. The second kappa shape index (κ2) is 7.49. The molecule has 0 saturated carbocycles. The molecule has 2 nitrogen and oxygen atoms in total. The highest BCUT2D eigenvalue weighted by molar-refractivity contribution is 5.72. The van der Waals surface area contributed by atoms with Gasteiger partial charge in [0.2, 0.25) is 0 Å². The molecule has 2 atom stereocenters. The number of rotatable bonds is 6. The lowest BCUT2D eigenvalue weighted by molar-refractivity contribution is -0.149. The van der Waals surface area contributed by atoms with E-state index in [1.807, 2.05) is 26.8 Å². The minimum absolute atomic E-state index is 0.0128. The van der Waals surface area contributed by atoms with Crippen molar-refractivity contribution in [3.63, 3.8) is 0 Å². The zero-order valence-corrected chi connectivity index (χ0v) is 10.6. The van der Waals surface area contributed by atoms with Crippen LogP contribution in [0, 0.1) is 17.8 Å². The molecule has 0 amide bonds. The molecule has 0 aromatic carbocycles. The third kappa shape index (κ3) is 5.01. The first-order chi connectivity index (χ1) is 7.04. The Balaban J connectivity index is 4.40. The largest absolute Gasteiger partial charge is 0.466 e. The van der Waals surface area contributed by atoms with E-state index in [0.29, 0.717) is 18.4 Å². The van der Waals surface area contributed by atoms with Crippen LogP contribution in [0.3, 0.4) is 0 Å².